The van der Waals surface area contributed by atoms with Crippen LogP contribution in [0.5, 0.6) is 0 Å². The van der Waals surface area contributed by atoms with Crippen molar-refractivity contribution in [2.24, 2.45) is 0 Å². The SMILES string of the molecule is O=S(=O)([O-])CCCN1C(O)c2ccc3c4c(ccc(c24)C1O)C(O)N(CCCS(=O)(=O)[O-])C3O. The largest absolute Gasteiger partial charge is 0.748 e. The van der Waals surface area contributed by atoms with Gasteiger partial charge in [-0.25, -0.2) is 26.6 Å². The third-order valence-electron chi connectivity index (χ3n) is 6.28. The Kier molecular flexibility index (Phi) is 6.76. The molecule has 0 aliphatic carbocycles. The first kappa shape index (κ1) is 25.4. The second-order valence-electron chi connectivity index (χ2n) is 8.44. The van der Waals surface area contributed by atoms with Crippen molar-refractivity contribution < 1.29 is 46.4 Å². The lowest BCUT2D eigenvalue weighted by Crippen LogP contribution is -2.40. The molecule has 2 aromatic rings. The lowest BCUT2D eigenvalue weighted by Gasteiger charge is -2.42. The highest BCUT2D eigenvalue weighted by atomic mass is 32.2. The zero-order valence-electron chi connectivity index (χ0n) is 17.8. The molecule has 2 heterocycles. The summed E-state index contributed by atoms with van der Waals surface area (Å²) in [4.78, 5) is 2.49. The van der Waals surface area contributed by atoms with Crippen LogP contribution >= 0.6 is 0 Å². The molecule has 0 amide bonds. The molecular weight excluding hydrogens is 492 g/mol. The molecule has 0 radical (unpaired) electrons. The maximum Gasteiger partial charge on any atom is 0.136 e. The third kappa shape index (κ3) is 4.70. The van der Waals surface area contributed by atoms with Crippen molar-refractivity contribution in [1.82, 2.24) is 9.80 Å². The predicted molar refractivity (Wildman–Crippen MR) is 116 cm³/mol. The molecule has 0 saturated carbocycles. The molecule has 4 N–H and O–H groups in total. The molecule has 2 aliphatic heterocycles. The first-order valence-corrected chi connectivity index (χ1v) is 13.7. The molecule has 4 unspecified atom stereocenters. The zero-order chi connectivity index (χ0) is 25.0. The number of hydrogen-bond donors (Lipinski definition) is 4. The van der Waals surface area contributed by atoms with Gasteiger partial charge in [-0.05, 0) is 23.6 Å². The number of aliphatic hydroxyl groups is 4. The zero-order valence-corrected chi connectivity index (χ0v) is 19.4. The van der Waals surface area contributed by atoms with Crippen LogP contribution in [0.4, 0.5) is 0 Å². The lowest BCUT2D eigenvalue weighted by atomic mass is 9.84. The maximum absolute atomic E-state index is 10.9. The van der Waals surface area contributed by atoms with Gasteiger partial charge < -0.3 is 29.5 Å². The summed E-state index contributed by atoms with van der Waals surface area (Å²) in [5.74, 6) is -1.30. The van der Waals surface area contributed by atoms with Crippen molar-refractivity contribution in [3.63, 3.8) is 0 Å². The van der Waals surface area contributed by atoms with E-state index >= 15 is 0 Å². The van der Waals surface area contributed by atoms with Crippen LogP contribution in [-0.4, -0.2) is 80.8 Å². The van der Waals surface area contributed by atoms with Gasteiger partial charge in [0.25, 0.3) is 0 Å². The summed E-state index contributed by atoms with van der Waals surface area (Å²) in [5.41, 5.74) is 1.49. The van der Waals surface area contributed by atoms with Crippen LogP contribution in [0.25, 0.3) is 10.8 Å². The van der Waals surface area contributed by atoms with Gasteiger partial charge in [0.15, 0.2) is 0 Å². The van der Waals surface area contributed by atoms with Crippen LogP contribution < -0.4 is 0 Å². The van der Waals surface area contributed by atoms with Crippen molar-refractivity contribution >= 4 is 31.0 Å². The molecule has 12 nitrogen and oxygen atoms in total. The van der Waals surface area contributed by atoms with Crippen LogP contribution in [0.15, 0.2) is 24.3 Å². The van der Waals surface area contributed by atoms with Gasteiger partial charge in [-0.3, -0.25) is 0 Å². The van der Waals surface area contributed by atoms with Crippen LogP contribution in [0.2, 0.25) is 0 Å². The predicted octanol–water partition coefficient (Wildman–Crippen LogP) is -0.695. The summed E-state index contributed by atoms with van der Waals surface area (Å²) in [6.07, 6.45) is -5.54. The Morgan fingerprint density at radius 2 is 0.882 bits per heavy atom. The van der Waals surface area contributed by atoms with Gasteiger partial charge in [0.1, 0.15) is 24.9 Å². The molecule has 0 spiro atoms. The first-order valence-electron chi connectivity index (χ1n) is 10.5. The van der Waals surface area contributed by atoms with E-state index in [4.69, 9.17) is 0 Å². The average Bonchev–Trinajstić information content (AvgIpc) is 2.73. The molecule has 188 valence electrons. The topological polar surface area (TPSA) is 202 Å². The molecule has 2 aliphatic rings. The molecule has 4 atom stereocenters. The van der Waals surface area contributed by atoms with Crippen molar-refractivity contribution in [2.75, 3.05) is 24.6 Å². The highest BCUT2D eigenvalue weighted by molar-refractivity contribution is 7.85. The molecule has 4 rings (SSSR count). The van der Waals surface area contributed by atoms with Crippen LogP contribution in [0.1, 0.15) is 60.0 Å². The summed E-state index contributed by atoms with van der Waals surface area (Å²) in [6, 6.07) is 6.17. The quantitative estimate of drug-likeness (QED) is 0.322. The molecule has 0 saturated heterocycles. The fourth-order valence-corrected chi connectivity index (χ4v) is 5.75. The van der Waals surface area contributed by atoms with Gasteiger partial charge in [-0.15, -0.1) is 0 Å². The molecule has 34 heavy (non-hydrogen) atoms. The van der Waals surface area contributed by atoms with Crippen LogP contribution in [0, 0.1) is 0 Å². The van der Waals surface area contributed by atoms with Gasteiger partial charge in [0.05, 0.1) is 20.2 Å². The van der Waals surface area contributed by atoms with Gasteiger partial charge in [0.2, 0.25) is 0 Å². The molecule has 0 fully saturated rings. The van der Waals surface area contributed by atoms with Gasteiger partial charge in [-0.1, -0.05) is 24.3 Å². The number of hydrogen-bond acceptors (Lipinski definition) is 12. The minimum absolute atomic E-state index is 0.0735. The van der Waals surface area contributed by atoms with Crippen molar-refractivity contribution in [3.05, 3.63) is 46.5 Å². The smallest absolute Gasteiger partial charge is 0.136 e. The highest BCUT2D eigenvalue weighted by Gasteiger charge is 2.39. The Balaban J connectivity index is 1.69. The van der Waals surface area contributed by atoms with E-state index in [1.807, 2.05) is 0 Å². The Labute approximate surface area is 196 Å². The normalized spacial score (nSPS) is 25.7. The Hall–Kier alpha value is -1.72. The van der Waals surface area contributed by atoms with E-state index in [0.29, 0.717) is 33.0 Å². The fourth-order valence-electron chi connectivity index (χ4n) is 4.78. The Morgan fingerprint density at radius 1 is 0.618 bits per heavy atom. The van der Waals surface area contributed by atoms with E-state index < -0.39 is 56.7 Å². The van der Waals surface area contributed by atoms with E-state index in [1.54, 1.807) is 24.3 Å². The van der Waals surface area contributed by atoms with Gasteiger partial charge >= 0.3 is 0 Å². The first-order chi connectivity index (χ1) is 15.8. The Morgan fingerprint density at radius 3 is 1.12 bits per heavy atom. The van der Waals surface area contributed by atoms with Crippen molar-refractivity contribution in [1.29, 1.82) is 0 Å². The monoisotopic (exact) mass is 516 g/mol. The van der Waals surface area contributed by atoms with E-state index in [1.165, 1.54) is 9.80 Å². The van der Waals surface area contributed by atoms with E-state index in [9.17, 15) is 46.4 Å². The van der Waals surface area contributed by atoms with Gasteiger partial charge in [-0.2, -0.15) is 0 Å². The average molecular weight is 517 g/mol. The summed E-state index contributed by atoms with van der Waals surface area (Å²) >= 11 is 0. The van der Waals surface area contributed by atoms with E-state index in [2.05, 4.69) is 0 Å². The Bertz CT molecular complexity index is 1160. The number of nitrogens with zero attached hydrogens (tertiary/aromatic N) is 2. The second kappa shape index (κ2) is 9.05. The summed E-state index contributed by atoms with van der Waals surface area (Å²) in [7, 11) is -8.90. The molecule has 2 aromatic carbocycles. The minimum atomic E-state index is -4.45. The number of rotatable bonds is 8. The third-order valence-corrected chi connectivity index (χ3v) is 7.86. The minimum Gasteiger partial charge on any atom is -0.748 e. The lowest BCUT2D eigenvalue weighted by molar-refractivity contribution is -0.114. The summed E-state index contributed by atoms with van der Waals surface area (Å²) < 4.78 is 65.5. The standard InChI is InChI=1S/C20H26N2O10S2/c23-17-11-3-5-13-16-14(20(26)22(19(13)25)8-2-10-34(30,31)32)6-4-12(15(11)16)18(24)21(17)7-1-9-33(27,28)29/h3-6,17-20,23-26H,1-2,7-10H2,(H,27,28,29)(H,30,31,32)/p-2. The van der Waals surface area contributed by atoms with E-state index in [-0.39, 0.29) is 25.9 Å². The molecule has 0 aromatic heterocycles. The summed E-state index contributed by atoms with van der Waals surface area (Å²) in [6.45, 7) is -0.147. The van der Waals surface area contributed by atoms with E-state index in [0.717, 1.165) is 0 Å². The molecular formula is C20H24N2O10S2-2. The van der Waals surface area contributed by atoms with Crippen LogP contribution in [-0.2, 0) is 20.2 Å². The number of aliphatic hydroxyl groups excluding tert-OH is 4. The fraction of sp³-hybridized carbons (Fsp3) is 0.500. The van der Waals surface area contributed by atoms with Crippen LogP contribution in [0.3, 0.4) is 0 Å². The van der Waals surface area contributed by atoms with Crippen molar-refractivity contribution in [3.8, 4) is 0 Å². The number of benzene rings is 2. The summed E-state index contributed by atoms with van der Waals surface area (Å²) in [5, 5.41) is 44.5. The molecule has 14 heteroatoms. The maximum atomic E-state index is 10.9. The van der Waals surface area contributed by atoms with Gasteiger partial charge in [0, 0.05) is 46.8 Å². The second-order valence-corrected chi connectivity index (χ2v) is 11.5. The van der Waals surface area contributed by atoms with Crippen molar-refractivity contribution in [2.45, 2.75) is 37.8 Å². The highest BCUT2D eigenvalue weighted by Crippen LogP contribution is 2.48. The molecule has 0 bridgehead atoms.